The van der Waals surface area contributed by atoms with Crippen LogP contribution in [0.25, 0.3) is 16.3 Å². The van der Waals surface area contributed by atoms with Gasteiger partial charge < -0.3 is 5.32 Å². The van der Waals surface area contributed by atoms with Crippen molar-refractivity contribution in [1.82, 2.24) is 14.8 Å². The zero-order valence-electron chi connectivity index (χ0n) is 13.0. The van der Waals surface area contributed by atoms with Gasteiger partial charge >= 0.3 is 0 Å². The minimum Gasteiger partial charge on any atom is -0.302 e. The van der Waals surface area contributed by atoms with Crippen molar-refractivity contribution in [1.29, 1.82) is 0 Å². The van der Waals surface area contributed by atoms with Crippen LogP contribution in [0.2, 0.25) is 0 Å². The summed E-state index contributed by atoms with van der Waals surface area (Å²) in [6.07, 6.45) is 3.91. The summed E-state index contributed by atoms with van der Waals surface area (Å²) >= 11 is 1.50. The number of anilines is 1. The van der Waals surface area contributed by atoms with Gasteiger partial charge in [-0.2, -0.15) is 5.10 Å². The Labute approximate surface area is 138 Å². The van der Waals surface area contributed by atoms with Gasteiger partial charge in [-0.25, -0.2) is 9.67 Å². The number of aryl methyl sites for hydroxylation is 3. The van der Waals surface area contributed by atoms with Crippen molar-refractivity contribution in [2.24, 2.45) is 0 Å². The minimum atomic E-state index is -0.0958. The van der Waals surface area contributed by atoms with E-state index < -0.39 is 0 Å². The van der Waals surface area contributed by atoms with E-state index in [1.54, 1.807) is 0 Å². The molecule has 23 heavy (non-hydrogen) atoms. The maximum absolute atomic E-state index is 11.2. The number of nitrogens with one attached hydrogen (secondary N) is 1. The zero-order chi connectivity index (χ0) is 16.0. The summed E-state index contributed by atoms with van der Waals surface area (Å²) in [5.41, 5.74) is 5.53. The molecular formula is C17H16N4OS. The first-order valence-corrected chi connectivity index (χ1v) is 8.35. The summed E-state index contributed by atoms with van der Waals surface area (Å²) in [7, 11) is 0. The fourth-order valence-electron chi connectivity index (χ4n) is 2.78. The van der Waals surface area contributed by atoms with Gasteiger partial charge in [0, 0.05) is 13.1 Å². The predicted octanol–water partition coefficient (Wildman–Crippen LogP) is 3.36. The molecule has 0 unspecified atom stereocenters. The highest BCUT2D eigenvalue weighted by molar-refractivity contribution is 7.19. The molecule has 0 saturated heterocycles. The van der Waals surface area contributed by atoms with Gasteiger partial charge in [0.2, 0.25) is 5.91 Å². The fraction of sp³-hybridized carbons (Fsp3) is 0.235. The highest BCUT2D eigenvalue weighted by Crippen LogP contribution is 2.38. The number of hydrogen-bond acceptors (Lipinski definition) is 4. The lowest BCUT2D eigenvalue weighted by Crippen LogP contribution is -2.05. The van der Waals surface area contributed by atoms with Gasteiger partial charge in [0.25, 0.3) is 0 Å². The second kappa shape index (κ2) is 5.31. The van der Waals surface area contributed by atoms with E-state index in [1.165, 1.54) is 29.4 Å². The summed E-state index contributed by atoms with van der Waals surface area (Å²) in [6, 6.07) is 8.32. The second-order valence-electron chi connectivity index (χ2n) is 5.76. The Bertz CT molecular complexity index is 892. The molecule has 0 spiro atoms. The summed E-state index contributed by atoms with van der Waals surface area (Å²) in [6.45, 7) is 3.57. The number of aromatic nitrogens is 3. The van der Waals surface area contributed by atoms with E-state index in [1.807, 2.05) is 4.68 Å². The Hall–Kier alpha value is -2.47. The van der Waals surface area contributed by atoms with Gasteiger partial charge in [-0.1, -0.05) is 29.0 Å². The van der Waals surface area contributed by atoms with Crippen LogP contribution in [-0.4, -0.2) is 20.7 Å². The molecule has 116 valence electrons. The summed E-state index contributed by atoms with van der Waals surface area (Å²) in [4.78, 5) is 16.8. The molecule has 0 bridgehead atoms. The Morgan fingerprint density at radius 2 is 2.04 bits per heavy atom. The second-order valence-corrected chi connectivity index (χ2v) is 6.76. The zero-order valence-corrected chi connectivity index (χ0v) is 13.8. The number of hydrogen-bond donors (Lipinski definition) is 1. The number of carbonyl (C=O) groups excluding carboxylic acids is 1. The van der Waals surface area contributed by atoms with E-state index in [0.29, 0.717) is 5.13 Å². The lowest BCUT2D eigenvalue weighted by Gasteiger charge is -2.07. The minimum absolute atomic E-state index is 0.0958. The van der Waals surface area contributed by atoms with E-state index in [4.69, 9.17) is 5.10 Å². The predicted molar refractivity (Wildman–Crippen MR) is 91.1 cm³/mol. The van der Waals surface area contributed by atoms with Crippen molar-refractivity contribution in [3.63, 3.8) is 0 Å². The molecule has 1 aromatic carbocycles. The van der Waals surface area contributed by atoms with Crippen LogP contribution in [0, 0.1) is 6.92 Å². The first-order chi connectivity index (χ1) is 11.1. The van der Waals surface area contributed by atoms with Crippen molar-refractivity contribution in [3.8, 4) is 16.3 Å². The number of fused-ring (bicyclic) bond motifs is 3. The highest BCUT2D eigenvalue weighted by atomic mass is 32.1. The lowest BCUT2D eigenvalue weighted by atomic mass is 10.0. The molecule has 1 aliphatic rings. The topological polar surface area (TPSA) is 59.8 Å². The van der Waals surface area contributed by atoms with E-state index in [-0.39, 0.29) is 5.91 Å². The van der Waals surface area contributed by atoms with E-state index in [9.17, 15) is 4.79 Å². The van der Waals surface area contributed by atoms with E-state index in [0.717, 1.165) is 34.8 Å². The number of benzene rings is 1. The van der Waals surface area contributed by atoms with E-state index >= 15 is 0 Å². The molecule has 0 aliphatic heterocycles. The first-order valence-electron chi connectivity index (χ1n) is 7.53. The molecule has 2 aromatic heterocycles. The molecule has 4 rings (SSSR count). The monoisotopic (exact) mass is 324 g/mol. The molecule has 3 aromatic rings. The largest absolute Gasteiger partial charge is 0.302 e. The lowest BCUT2D eigenvalue weighted by molar-refractivity contribution is -0.114. The van der Waals surface area contributed by atoms with Crippen LogP contribution in [0.5, 0.6) is 0 Å². The Kier molecular flexibility index (Phi) is 3.27. The van der Waals surface area contributed by atoms with Gasteiger partial charge in [0.05, 0.1) is 16.3 Å². The van der Waals surface area contributed by atoms with Crippen molar-refractivity contribution in [2.75, 3.05) is 5.32 Å². The number of carbonyl (C=O) groups is 1. The molecular weight excluding hydrogens is 308 g/mol. The molecule has 5 nitrogen and oxygen atoms in total. The SMILES string of the molecule is CC(=O)Nc1nc2c(s1)-c1nn(-c3ccc(C)cc3)cc1CC2. The van der Waals surface area contributed by atoms with Gasteiger partial charge in [0.15, 0.2) is 5.13 Å². The maximum Gasteiger partial charge on any atom is 0.223 e. The molecule has 0 radical (unpaired) electrons. The number of thiazole rings is 1. The van der Waals surface area contributed by atoms with E-state index in [2.05, 4.69) is 47.7 Å². The number of amides is 1. The molecule has 2 heterocycles. The van der Waals surface area contributed by atoms with Gasteiger partial charge in [0.1, 0.15) is 5.69 Å². The fourth-order valence-corrected chi connectivity index (χ4v) is 3.85. The third kappa shape index (κ3) is 2.55. The van der Waals surface area contributed by atoms with Crippen molar-refractivity contribution in [3.05, 3.63) is 47.3 Å². The molecule has 6 heteroatoms. The average molecular weight is 324 g/mol. The third-order valence-electron chi connectivity index (χ3n) is 3.92. The van der Waals surface area contributed by atoms with Gasteiger partial charge in [-0.3, -0.25) is 4.79 Å². The van der Waals surface area contributed by atoms with Crippen LogP contribution < -0.4 is 5.32 Å². The summed E-state index contributed by atoms with van der Waals surface area (Å²) in [5, 5.41) is 8.18. The summed E-state index contributed by atoms with van der Waals surface area (Å²) in [5.74, 6) is -0.0958. The Morgan fingerprint density at radius 1 is 1.26 bits per heavy atom. The van der Waals surface area contributed by atoms with Crippen molar-refractivity contribution < 1.29 is 4.79 Å². The Balaban J connectivity index is 1.75. The van der Waals surface area contributed by atoms with Crippen LogP contribution in [-0.2, 0) is 17.6 Å². The van der Waals surface area contributed by atoms with Crippen molar-refractivity contribution in [2.45, 2.75) is 26.7 Å². The smallest absolute Gasteiger partial charge is 0.223 e. The van der Waals surface area contributed by atoms with Crippen LogP contribution >= 0.6 is 11.3 Å². The third-order valence-corrected chi connectivity index (χ3v) is 4.93. The maximum atomic E-state index is 11.2. The number of rotatable bonds is 2. The molecule has 0 atom stereocenters. The Morgan fingerprint density at radius 3 is 2.78 bits per heavy atom. The first kappa shape index (κ1) is 14.1. The van der Waals surface area contributed by atoms with Crippen LogP contribution in [0.4, 0.5) is 5.13 Å². The van der Waals surface area contributed by atoms with Crippen LogP contribution in [0.1, 0.15) is 23.7 Å². The molecule has 1 amide bonds. The quantitative estimate of drug-likeness (QED) is 0.786. The van der Waals surface area contributed by atoms with Crippen LogP contribution in [0.3, 0.4) is 0 Å². The molecule has 1 aliphatic carbocycles. The van der Waals surface area contributed by atoms with Gasteiger partial charge in [-0.15, -0.1) is 0 Å². The molecule has 0 fully saturated rings. The molecule has 0 saturated carbocycles. The number of nitrogens with zero attached hydrogens (tertiary/aromatic N) is 3. The van der Waals surface area contributed by atoms with Crippen molar-refractivity contribution >= 4 is 22.4 Å². The van der Waals surface area contributed by atoms with Gasteiger partial charge in [-0.05, 0) is 37.5 Å². The average Bonchev–Trinajstić information content (AvgIpc) is 3.09. The highest BCUT2D eigenvalue weighted by Gasteiger charge is 2.24. The normalized spacial score (nSPS) is 12.6. The molecule has 1 N–H and O–H groups in total. The van der Waals surface area contributed by atoms with Crippen LogP contribution in [0.15, 0.2) is 30.5 Å². The standard InChI is InChI=1S/C17H16N4OS/c1-10-3-6-13(7-4-10)21-9-12-5-8-14-16(15(12)20-21)23-17(19-14)18-11(2)22/h3-4,6-7,9H,5,8H2,1-2H3,(H,18,19,22). The summed E-state index contributed by atoms with van der Waals surface area (Å²) < 4.78 is 1.93.